The van der Waals surface area contributed by atoms with Crippen LogP contribution in [0.4, 0.5) is 5.69 Å². The van der Waals surface area contributed by atoms with Crippen LogP contribution < -0.4 is 10.6 Å². The molecule has 110 valence electrons. The molecule has 20 heavy (non-hydrogen) atoms. The minimum absolute atomic E-state index is 0.0349. The Morgan fingerprint density at radius 2 is 2.25 bits per heavy atom. The Hall–Kier alpha value is -1.10. The van der Waals surface area contributed by atoms with E-state index in [0.29, 0.717) is 23.9 Å². The van der Waals surface area contributed by atoms with Crippen molar-refractivity contribution in [3.8, 4) is 0 Å². The lowest BCUT2D eigenvalue weighted by atomic mass is 10.0. The van der Waals surface area contributed by atoms with Crippen molar-refractivity contribution in [2.45, 2.75) is 26.3 Å². The van der Waals surface area contributed by atoms with Crippen LogP contribution in [0.25, 0.3) is 0 Å². The van der Waals surface area contributed by atoms with Crippen LogP contribution in [0, 0.1) is 12.8 Å². The zero-order valence-electron chi connectivity index (χ0n) is 11.9. The van der Waals surface area contributed by atoms with Crippen LogP contribution in [0.5, 0.6) is 0 Å². The third-order valence-corrected chi connectivity index (χ3v) is 3.86. The molecule has 1 aromatic rings. The number of aryl methyl sites for hydroxylation is 1. The summed E-state index contributed by atoms with van der Waals surface area (Å²) in [6.07, 6.45) is 1.04. The molecule has 1 aliphatic heterocycles. The van der Waals surface area contributed by atoms with E-state index in [1.165, 1.54) is 0 Å². The molecule has 2 N–H and O–H groups in total. The van der Waals surface area contributed by atoms with E-state index < -0.39 is 0 Å². The average Bonchev–Trinajstić information content (AvgIpc) is 2.89. The number of carbonyl (C=O) groups is 1. The first-order valence-electron chi connectivity index (χ1n) is 7.00. The zero-order chi connectivity index (χ0) is 14.5. The van der Waals surface area contributed by atoms with E-state index >= 15 is 0 Å². The van der Waals surface area contributed by atoms with Gasteiger partial charge in [0.15, 0.2) is 0 Å². The Labute approximate surface area is 124 Å². The normalized spacial score (nSPS) is 21.9. The SMILES string of the molecule is CCCNC1COCC1C(=O)Nc1c(C)cccc1Cl. The summed E-state index contributed by atoms with van der Waals surface area (Å²) >= 11 is 6.14. The lowest BCUT2D eigenvalue weighted by Crippen LogP contribution is -2.41. The molecule has 1 amide bonds. The quantitative estimate of drug-likeness (QED) is 0.878. The number of amides is 1. The number of rotatable bonds is 5. The van der Waals surface area contributed by atoms with E-state index in [4.69, 9.17) is 16.3 Å². The fraction of sp³-hybridized carbons (Fsp3) is 0.533. The van der Waals surface area contributed by atoms with Crippen molar-refractivity contribution in [1.82, 2.24) is 5.32 Å². The molecule has 0 aromatic heterocycles. The maximum atomic E-state index is 12.4. The number of anilines is 1. The van der Waals surface area contributed by atoms with E-state index in [1.807, 2.05) is 19.1 Å². The third kappa shape index (κ3) is 3.51. The van der Waals surface area contributed by atoms with E-state index in [-0.39, 0.29) is 17.9 Å². The van der Waals surface area contributed by atoms with Crippen LogP contribution in [-0.4, -0.2) is 31.7 Å². The molecule has 1 saturated heterocycles. The van der Waals surface area contributed by atoms with Crippen molar-refractivity contribution in [2.24, 2.45) is 5.92 Å². The van der Waals surface area contributed by atoms with Gasteiger partial charge in [0.25, 0.3) is 0 Å². The summed E-state index contributed by atoms with van der Waals surface area (Å²) in [5, 5.41) is 6.86. The van der Waals surface area contributed by atoms with Gasteiger partial charge in [0.1, 0.15) is 0 Å². The first-order valence-corrected chi connectivity index (χ1v) is 7.38. The predicted octanol–water partition coefficient (Wildman–Crippen LogP) is 2.60. The molecule has 1 fully saturated rings. The van der Waals surface area contributed by atoms with Crippen molar-refractivity contribution in [2.75, 3.05) is 25.1 Å². The van der Waals surface area contributed by atoms with Crippen LogP contribution in [0.1, 0.15) is 18.9 Å². The summed E-state index contributed by atoms with van der Waals surface area (Å²) in [5.41, 5.74) is 1.66. The van der Waals surface area contributed by atoms with E-state index in [9.17, 15) is 4.79 Å². The first-order chi connectivity index (χ1) is 9.63. The second-order valence-corrected chi connectivity index (χ2v) is 5.53. The maximum Gasteiger partial charge on any atom is 0.231 e. The average molecular weight is 297 g/mol. The summed E-state index contributed by atoms with van der Waals surface area (Å²) in [6, 6.07) is 5.66. The monoisotopic (exact) mass is 296 g/mol. The van der Waals surface area contributed by atoms with Gasteiger partial charge in [-0.2, -0.15) is 0 Å². The number of hydrogen-bond acceptors (Lipinski definition) is 3. The smallest absolute Gasteiger partial charge is 0.231 e. The van der Waals surface area contributed by atoms with Gasteiger partial charge in [-0.25, -0.2) is 0 Å². The van der Waals surface area contributed by atoms with Gasteiger partial charge in [-0.3, -0.25) is 4.79 Å². The number of carbonyl (C=O) groups excluding carboxylic acids is 1. The van der Waals surface area contributed by atoms with E-state index in [0.717, 1.165) is 18.5 Å². The summed E-state index contributed by atoms with van der Waals surface area (Å²) in [7, 11) is 0. The van der Waals surface area contributed by atoms with Gasteiger partial charge in [0.2, 0.25) is 5.91 Å². The van der Waals surface area contributed by atoms with Gasteiger partial charge in [-0.1, -0.05) is 30.7 Å². The molecule has 4 nitrogen and oxygen atoms in total. The number of halogens is 1. The second kappa shape index (κ2) is 7.07. The van der Waals surface area contributed by atoms with Gasteiger partial charge in [-0.05, 0) is 31.5 Å². The van der Waals surface area contributed by atoms with Crippen LogP contribution in [0.2, 0.25) is 5.02 Å². The third-order valence-electron chi connectivity index (χ3n) is 3.54. The Bertz CT molecular complexity index is 459. The van der Waals surface area contributed by atoms with Gasteiger partial charge in [0.05, 0.1) is 29.8 Å². The highest BCUT2D eigenvalue weighted by atomic mass is 35.5. The maximum absolute atomic E-state index is 12.4. The van der Waals surface area contributed by atoms with Crippen LogP contribution in [-0.2, 0) is 9.53 Å². The molecule has 0 radical (unpaired) electrons. The lowest BCUT2D eigenvalue weighted by Gasteiger charge is -2.19. The molecule has 0 bridgehead atoms. The van der Waals surface area contributed by atoms with Gasteiger partial charge in [0, 0.05) is 6.04 Å². The topological polar surface area (TPSA) is 50.4 Å². The number of benzene rings is 1. The van der Waals surface area contributed by atoms with Crippen LogP contribution in [0.15, 0.2) is 18.2 Å². The Morgan fingerprint density at radius 3 is 2.95 bits per heavy atom. The van der Waals surface area contributed by atoms with E-state index in [1.54, 1.807) is 6.07 Å². The van der Waals surface area contributed by atoms with Gasteiger partial charge in [-0.15, -0.1) is 0 Å². The highest BCUT2D eigenvalue weighted by molar-refractivity contribution is 6.33. The summed E-state index contributed by atoms with van der Waals surface area (Å²) in [5.74, 6) is -0.204. The standard InChI is InChI=1S/C15H21ClN2O2/c1-3-7-17-13-9-20-8-11(13)15(19)18-14-10(2)5-4-6-12(14)16/h4-6,11,13,17H,3,7-9H2,1-2H3,(H,18,19). The molecule has 2 unspecified atom stereocenters. The molecule has 0 aliphatic carbocycles. The minimum atomic E-state index is -0.169. The molecular weight excluding hydrogens is 276 g/mol. The summed E-state index contributed by atoms with van der Waals surface area (Å²) in [6.45, 7) is 5.96. The second-order valence-electron chi connectivity index (χ2n) is 5.13. The predicted molar refractivity (Wildman–Crippen MR) is 81.2 cm³/mol. The van der Waals surface area contributed by atoms with Gasteiger partial charge < -0.3 is 15.4 Å². The molecule has 1 aromatic carbocycles. The van der Waals surface area contributed by atoms with E-state index in [2.05, 4.69) is 17.6 Å². The van der Waals surface area contributed by atoms with Crippen LogP contribution >= 0.6 is 11.6 Å². The number of ether oxygens (including phenoxy) is 1. The first kappa shape index (κ1) is 15.3. The van der Waals surface area contributed by atoms with Gasteiger partial charge >= 0.3 is 0 Å². The van der Waals surface area contributed by atoms with Crippen LogP contribution in [0.3, 0.4) is 0 Å². The molecule has 1 heterocycles. The lowest BCUT2D eigenvalue weighted by molar-refractivity contribution is -0.120. The minimum Gasteiger partial charge on any atom is -0.379 e. The zero-order valence-corrected chi connectivity index (χ0v) is 12.7. The van der Waals surface area contributed by atoms with Crippen molar-refractivity contribution in [1.29, 1.82) is 0 Å². The molecule has 0 spiro atoms. The Kier molecular flexibility index (Phi) is 5.40. The van der Waals surface area contributed by atoms with Crippen molar-refractivity contribution in [3.63, 3.8) is 0 Å². The molecule has 1 aliphatic rings. The molecule has 2 rings (SSSR count). The Morgan fingerprint density at radius 1 is 1.45 bits per heavy atom. The summed E-state index contributed by atoms with van der Waals surface area (Å²) < 4.78 is 5.43. The fourth-order valence-electron chi connectivity index (χ4n) is 2.35. The Balaban J connectivity index is 2.04. The molecule has 0 saturated carbocycles. The number of para-hydroxylation sites is 1. The number of nitrogens with one attached hydrogen (secondary N) is 2. The highest BCUT2D eigenvalue weighted by Gasteiger charge is 2.33. The molecular formula is C15H21ClN2O2. The molecule has 2 atom stereocenters. The summed E-state index contributed by atoms with van der Waals surface area (Å²) in [4.78, 5) is 12.4. The van der Waals surface area contributed by atoms with Crippen molar-refractivity contribution >= 4 is 23.2 Å². The fourth-order valence-corrected chi connectivity index (χ4v) is 2.62. The largest absolute Gasteiger partial charge is 0.379 e. The van der Waals surface area contributed by atoms with Crippen molar-refractivity contribution in [3.05, 3.63) is 28.8 Å². The molecule has 5 heteroatoms. The highest BCUT2D eigenvalue weighted by Crippen LogP contribution is 2.26. The van der Waals surface area contributed by atoms with Crippen molar-refractivity contribution < 1.29 is 9.53 Å². The number of hydrogen-bond donors (Lipinski definition) is 2.